The van der Waals surface area contributed by atoms with Gasteiger partial charge in [0.1, 0.15) is 11.5 Å². The minimum Gasteiger partial charge on any atom is -0.508 e. The van der Waals surface area contributed by atoms with E-state index in [1.54, 1.807) is 30.6 Å². The fraction of sp³-hybridized carbons (Fsp3) is 0.333. The van der Waals surface area contributed by atoms with Crippen LogP contribution in [0.4, 0.5) is 0 Å². The van der Waals surface area contributed by atoms with Gasteiger partial charge in [-0.2, -0.15) is 0 Å². The maximum atomic E-state index is 9.97. The molecule has 2 rings (SSSR count). The first-order chi connectivity index (χ1) is 9.51. The van der Waals surface area contributed by atoms with E-state index in [2.05, 4.69) is 12.2 Å². The van der Waals surface area contributed by atoms with Gasteiger partial charge in [-0.3, -0.25) is 0 Å². The molecule has 0 aliphatic heterocycles. The van der Waals surface area contributed by atoms with Gasteiger partial charge in [0.15, 0.2) is 0 Å². The van der Waals surface area contributed by atoms with Gasteiger partial charge in [0, 0.05) is 22.5 Å². The topological polar surface area (TPSA) is 41.5 Å². The Balaban J connectivity index is 2.13. The summed E-state index contributed by atoms with van der Waals surface area (Å²) in [6.45, 7) is 4.09. The Kier molecular flexibility index (Phi) is 4.91. The average molecular weight is 312 g/mol. The number of rotatable bonds is 5. The monoisotopic (exact) mass is 311 g/mol. The summed E-state index contributed by atoms with van der Waals surface area (Å²) in [6, 6.07) is 9.32. The molecule has 1 heterocycles. The van der Waals surface area contributed by atoms with Crippen LogP contribution in [-0.4, -0.2) is 12.2 Å². The predicted molar refractivity (Wildman–Crippen MR) is 84.0 cm³/mol. The number of halogens is 1. The highest BCUT2D eigenvalue weighted by atomic mass is 35.5. The van der Waals surface area contributed by atoms with Crippen LogP contribution in [0.2, 0.25) is 4.34 Å². The van der Waals surface area contributed by atoms with Gasteiger partial charge in [0.25, 0.3) is 0 Å². The second-order valence-corrected chi connectivity index (χ2v) is 6.42. The van der Waals surface area contributed by atoms with E-state index in [1.807, 2.05) is 25.1 Å². The third kappa shape index (κ3) is 3.45. The van der Waals surface area contributed by atoms with Crippen LogP contribution < -0.4 is 10.1 Å². The van der Waals surface area contributed by atoms with E-state index in [4.69, 9.17) is 16.3 Å². The third-order valence-corrected chi connectivity index (χ3v) is 4.64. The van der Waals surface area contributed by atoms with Crippen LogP contribution in [0.1, 0.15) is 36.4 Å². The Hall–Kier alpha value is -1.23. The largest absolute Gasteiger partial charge is 0.508 e. The van der Waals surface area contributed by atoms with Gasteiger partial charge in [-0.05, 0) is 44.2 Å². The lowest BCUT2D eigenvalue weighted by atomic mass is 10.1. The van der Waals surface area contributed by atoms with E-state index in [0.29, 0.717) is 0 Å². The normalized spacial score (nSPS) is 14.0. The molecule has 108 valence electrons. The molecule has 0 bridgehead atoms. The molecular formula is C15H18ClNO2S. The van der Waals surface area contributed by atoms with Crippen molar-refractivity contribution in [3.8, 4) is 11.5 Å². The number of phenols is 1. The van der Waals surface area contributed by atoms with E-state index in [9.17, 15) is 5.11 Å². The lowest BCUT2D eigenvalue weighted by Gasteiger charge is -2.20. The predicted octanol–water partition coefficient (Wildman–Crippen LogP) is 4.53. The quantitative estimate of drug-likeness (QED) is 0.852. The van der Waals surface area contributed by atoms with Crippen molar-refractivity contribution in [3.63, 3.8) is 0 Å². The standard InChI is InChI=1S/C15H18ClNO2S/c1-9(12-8-11(19-3)4-5-13(12)18)17-10(2)14-6-7-15(16)20-14/h4-10,17-18H,1-3H3. The fourth-order valence-electron chi connectivity index (χ4n) is 2.11. The van der Waals surface area contributed by atoms with Crippen molar-refractivity contribution in [2.45, 2.75) is 25.9 Å². The van der Waals surface area contributed by atoms with Gasteiger partial charge in [-0.25, -0.2) is 0 Å². The molecule has 0 radical (unpaired) electrons. The van der Waals surface area contributed by atoms with E-state index in [-0.39, 0.29) is 17.8 Å². The van der Waals surface area contributed by atoms with Crippen LogP contribution in [0.15, 0.2) is 30.3 Å². The highest BCUT2D eigenvalue weighted by Crippen LogP contribution is 2.32. The van der Waals surface area contributed by atoms with Crippen molar-refractivity contribution >= 4 is 22.9 Å². The minimum atomic E-state index is 0.000903. The molecule has 0 amide bonds. The summed E-state index contributed by atoms with van der Waals surface area (Å²) >= 11 is 7.52. The van der Waals surface area contributed by atoms with Crippen molar-refractivity contribution in [3.05, 3.63) is 45.1 Å². The lowest BCUT2D eigenvalue weighted by molar-refractivity contribution is 0.405. The van der Waals surface area contributed by atoms with Crippen LogP contribution in [0.25, 0.3) is 0 Å². The van der Waals surface area contributed by atoms with Crippen LogP contribution >= 0.6 is 22.9 Å². The zero-order valence-corrected chi connectivity index (χ0v) is 13.3. The molecule has 2 aromatic rings. The molecule has 1 aromatic carbocycles. The highest BCUT2D eigenvalue weighted by molar-refractivity contribution is 7.16. The van der Waals surface area contributed by atoms with Crippen molar-refractivity contribution in [1.29, 1.82) is 0 Å². The first-order valence-corrected chi connectivity index (χ1v) is 7.59. The zero-order chi connectivity index (χ0) is 14.7. The van der Waals surface area contributed by atoms with E-state index < -0.39 is 0 Å². The number of aromatic hydroxyl groups is 1. The van der Waals surface area contributed by atoms with Gasteiger partial charge in [0.05, 0.1) is 11.4 Å². The molecule has 2 N–H and O–H groups in total. The Morgan fingerprint density at radius 2 is 1.95 bits per heavy atom. The molecule has 1 aromatic heterocycles. The summed E-state index contributed by atoms with van der Waals surface area (Å²) in [7, 11) is 1.62. The van der Waals surface area contributed by atoms with Crippen LogP contribution in [0.5, 0.6) is 11.5 Å². The zero-order valence-electron chi connectivity index (χ0n) is 11.7. The van der Waals surface area contributed by atoms with Gasteiger partial charge in [0.2, 0.25) is 0 Å². The first-order valence-electron chi connectivity index (χ1n) is 6.39. The molecule has 0 saturated heterocycles. The van der Waals surface area contributed by atoms with Crippen molar-refractivity contribution in [2.75, 3.05) is 7.11 Å². The number of thiophene rings is 1. The minimum absolute atomic E-state index is 0.000903. The van der Waals surface area contributed by atoms with E-state index >= 15 is 0 Å². The summed E-state index contributed by atoms with van der Waals surface area (Å²) in [4.78, 5) is 1.17. The summed E-state index contributed by atoms with van der Waals surface area (Å²) in [5.41, 5.74) is 0.818. The van der Waals surface area contributed by atoms with Crippen molar-refractivity contribution in [1.82, 2.24) is 5.32 Å². The van der Waals surface area contributed by atoms with Crippen LogP contribution in [0.3, 0.4) is 0 Å². The van der Waals surface area contributed by atoms with Crippen molar-refractivity contribution < 1.29 is 9.84 Å². The van der Waals surface area contributed by atoms with Gasteiger partial charge < -0.3 is 15.2 Å². The summed E-state index contributed by atoms with van der Waals surface area (Å²) in [5.74, 6) is 1.00. The van der Waals surface area contributed by atoms with E-state index in [0.717, 1.165) is 15.6 Å². The molecule has 0 aliphatic carbocycles. The number of hydrogen-bond acceptors (Lipinski definition) is 4. The summed E-state index contributed by atoms with van der Waals surface area (Å²) in [5, 5.41) is 13.4. The maximum Gasteiger partial charge on any atom is 0.120 e. The van der Waals surface area contributed by atoms with Crippen LogP contribution in [-0.2, 0) is 0 Å². The molecule has 2 unspecified atom stereocenters. The molecule has 5 heteroatoms. The fourth-order valence-corrected chi connectivity index (χ4v) is 3.19. The number of hydrogen-bond donors (Lipinski definition) is 2. The van der Waals surface area contributed by atoms with E-state index in [1.165, 1.54) is 4.88 Å². The Morgan fingerprint density at radius 1 is 1.20 bits per heavy atom. The number of benzene rings is 1. The van der Waals surface area contributed by atoms with Gasteiger partial charge in [-0.1, -0.05) is 11.6 Å². The average Bonchev–Trinajstić information content (AvgIpc) is 2.86. The highest BCUT2D eigenvalue weighted by Gasteiger charge is 2.16. The Morgan fingerprint density at radius 3 is 2.55 bits per heavy atom. The summed E-state index contributed by atoms with van der Waals surface area (Å²) < 4.78 is 5.98. The number of ether oxygens (including phenoxy) is 1. The Bertz CT molecular complexity index is 585. The van der Waals surface area contributed by atoms with Gasteiger partial charge in [-0.15, -0.1) is 11.3 Å². The van der Waals surface area contributed by atoms with Crippen molar-refractivity contribution in [2.24, 2.45) is 0 Å². The SMILES string of the molecule is COc1ccc(O)c(C(C)NC(C)c2ccc(Cl)s2)c1. The molecule has 0 saturated carbocycles. The smallest absolute Gasteiger partial charge is 0.120 e. The van der Waals surface area contributed by atoms with Crippen LogP contribution in [0, 0.1) is 0 Å². The number of methoxy groups -OCH3 is 1. The molecule has 0 fully saturated rings. The number of nitrogens with one attached hydrogen (secondary N) is 1. The Labute approximate surface area is 128 Å². The molecule has 20 heavy (non-hydrogen) atoms. The number of phenolic OH excluding ortho intramolecular Hbond substituents is 1. The third-order valence-electron chi connectivity index (χ3n) is 3.22. The molecule has 0 aliphatic rings. The first kappa shape index (κ1) is 15.2. The molecule has 0 spiro atoms. The molecule has 2 atom stereocenters. The second-order valence-electron chi connectivity index (χ2n) is 4.68. The lowest BCUT2D eigenvalue weighted by Crippen LogP contribution is -2.21. The second kappa shape index (κ2) is 6.48. The summed E-state index contributed by atoms with van der Waals surface area (Å²) in [6.07, 6.45) is 0. The molecular weight excluding hydrogens is 294 g/mol. The maximum absolute atomic E-state index is 9.97. The van der Waals surface area contributed by atoms with Gasteiger partial charge >= 0.3 is 0 Å². The molecule has 3 nitrogen and oxygen atoms in total.